The van der Waals surface area contributed by atoms with Crippen molar-refractivity contribution < 1.29 is 8.42 Å². The van der Waals surface area contributed by atoms with Gasteiger partial charge in [0.25, 0.3) is 5.56 Å². The summed E-state index contributed by atoms with van der Waals surface area (Å²) in [6.45, 7) is 2.11. The first kappa shape index (κ1) is 11.0. The minimum atomic E-state index is -3.02. The Morgan fingerprint density at radius 3 is 2.57 bits per heavy atom. The van der Waals surface area contributed by atoms with Gasteiger partial charge in [0, 0.05) is 18.0 Å². The molecule has 0 atom stereocenters. The lowest BCUT2D eigenvalue weighted by Gasteiger charge is -1.99. The van der Waals surface area contributed by atoms with Gasteiger partial charge in [0.1, 0.15) is 9.84 Å². The maximum atomic E-state index is 11.3. The van der Waals surface area contributed by atoms with Crippen LogP contribution in [0.5, 0.6) is 0 Å². The molecule has 0 bridgehead atoms. The van der Waals surface area contributed by atoms with Crippen LogP contribution in [0.1, 0.15) is 12.6 Å². The second kappa shape index (κ2) is 4.00. The van der Waals surface area contributed by atoms with Gasteiger partial charge in [0.05, 0.1) is 12.3 Å². The molecule has 0 saturated carbocycles. The average Bonchev–Trinajstić information content (AvgIpc) is 2.42. The fraction of sp³-hybridized carbons (Fsp3) is 0.625. The van der Waals surface area contributed by atoms with Crippen molar-refractivity contribution in [3.05, 3.63) is 22.1 Å². The summed E-state index contributed by atoms with van der Waals surface area (Å²) in [5.41, 5.74) is 0.647. The minimum absolute atomic E-state index is 0.0173. The molecule has 80 valence electrons. The Morgan fingerprint density at radius 2 is 2.14 bits per heavy atom. The average molecular weight is 218 g/mol. The van der Waals surface area contributed by atoms with Gasteiger partial charge in [-0.25, -0.2) is 8.42 Å². The van der Waals surface area contributed by atoms with Crippen LogP contribution < -0.4 is 5.56 Å². The molecule has 0 unspecified atom stereocenters. The van der Waals surface area contributed by atoms with Crippen LogP contribution in [0.25, 0.3) is 0 Å². The van der Waals surface area contributed by atoms with Crippen molar-refractivity contribution in [1.82, 2.24) is 9.78 Å². The highest BCUT2D eigenvalue weighted by molar-refractivity contribution is 7.90. The highest BCUT2D eigenvalue weighted by Gasteiger charge is 2.05. The maximum absolute atomic E-state index is 11.3. The number of nitrogens with zero attached hydrogens (tertiary/aromatic N) is 1. The number of nitrogens with one attached hydrogen (secondary N) is 1. The summed E-state index contributed by atoms with van der Waals surface area (Å²) in [7, 11) is -3.02. The van der Waals surface area contributed by atoms with E-state index >= 15 is 0 Å². The zero-order valence-electron chi connectivity index (χ0n) is 8.28. The number of H-pyrrole nitrogens is 1. The molecule has 6 heteroatoms. The fourth-order valence-electron chi connectivity index (χ4n) is 1.09. The van der Waals surface area contributed by atoms with Crippen molar-refractivity contribution in [1.29, 1.82) is 0 Å². The lowest BCUT2D eigenvalue weighted by atomic mass is 10.3. The Balaban J connectivity index is 2.77. The van der Waals surface area contributed by atoms with E-state index in [-0.39, 0.29) is 17.9 Å². The van der Waals surface area contributed by atoms with E-state index in [9.17, 15) is 13.2 Å². The molecule has 0 aromatic carbocycles. The van der Waals surface area contributed by atoms with Crippen molar-refractivity contribution in [2.24, 2.45) is 0 Å². The standard InChI is InChI=1S/C8H14N2O3S/c1-3-7-6-8(11)10(9-7)4-5-14(2,12)13/h6,9H,3-5H2,1-2H3. The lowest BCUT2D eigenvalue weighted by molar-refractivity contribution is 0.579. The summed E-state index contributed by atoms with van der Waals surface area (Å²) in [6.07, 6.45) is 1.89. The monoisotopic (exact) mass is 218 g/mol. The van der Waals surface area contributed by atoms with E-state index in [0.717, 1.165) is 18.4 Å². The normalized spacial score (nSPS) is 11.9. The Bertz CT molecular complexity index is 455. The molecular weight excluding hydrogens is 204 g/mol. The fourth-order valence-corrected chi connectivity index (χ4v) is 1.61. The van der Waals surface area contributed by atoms with Crippen LogP contribution in [0.15, 0.2) is 10.9 Å². The number of hydrogen-bond donors (Lipinski definition) is 1. The van der Waals surface area contributed by atoms with E-state index in [4.69, 9.17) is 0 Å². The molecule has 0 aliphatic carbocycles. The molecule has 1 rings (SSSR count). The Kier molecular flexibility index (Phi) is 3.15. The number of aromatic amines is 1. The van der Waals surface area contributed by atoms with Crippen molar-refractivity contribution in [2.45, 2.75) is 19.9 Å². The molecule has 1 heterocycles. The third-order valence-electron chi connectivity index (χ3n) is 1.91. The topological polar surface area (TPSA) is 71.9 Å². The van der Waals surface area contributed by atoms with Gasteiger partial charge in [-0.2, -0.15) is 0 Å². The number of aryl methyl sites for hydroxylation is 2. The molecule has 1 N–H and O–H groups in total. The first-order chi connectivity index (χ1) is 6.42. The number of aromatic nitrogens is 2. The molecule has 0 aliphatic heterocycles. The van der Waals surface area contributed by atoms with Gasteiger partial charge in [-0.3, -0.25) is 14.6 Å². The summed E-state index contributed by atoms with van der Waals surface area (Å²) in [6, 6.07) is 1.49. The molecule has 1 aromatic rings. The highest BCUT2D eigenvalue weighted by atomic mass is 32.2. The van der Waals surface area contributed by atoms with Crippen molar-refractivity contribution in [3.63, 3.8) is 0 Å². The summed E-state index contributed by atoms with van der Waals surface area (Å²) < 4.78 is 23.0. The molecule has 14 heavy (non-hydrogen) atoms. The number of sulfone groups is 1. The zero-order valence-corrected chi connectivity index (χ0v) is 9.10. The zero-order chi connectivity index (χ0) is 10.8. The molecule has 0 fully saturated rings. The van der Waals surface area contributed by atoms with Crippen LogP contribution in [0.3, 0.4) is 0 Å². The third-order valence-corrected chi connectivity index (χ3v) is 2.83. The van der Waals surface area contributed by atoms with Crippen LogP contribution >= 0.6 is 0 Å². The van der Waals surface area contributed by atoms with Gasteiger partial charge in [0.15, 0.2) is 0 Å². The molecule has 0 saturated heterocycles. The summed E-state index contributed by atoms with van der Waals surface area (Å²) in [5.74, 6) is -0.0173. The van der Waals surface area contributed by atoms with Crippen LogP contribution in [0.2, 0.25) is 0 Å². The van der Waals surface area contributed by atoms with E-state index in [0.29, 0.717) is 0 Å². The van der Waals surface area contributed by atoms with Crippen LogP contribution in [-0.4, -0.2) is 30.2 Å². The first-order valence-corrected chi connectivity index (χ1v) is 6.45. The summed E-state index contributed by atoms with van der Waals surface area (Å²) in [5, 5.41) is 2.84. The predicted octanol–water partition coefficient (Wildman–Crippen LogP) is -0.217. The van der Waals surface area contributed by atoms with Gasteiger partial charge < -0.3 is 0 Å². The molecule has 0 spiro atoms. The Hall–Kier alpha value is -1.04. The van der Waals surface area contributed by atoms with Crippen molar-refractivity contribution in [3.8, 4) is 0 Å². The lowest BCUT2D eigenvalue weighted by Crippen LogP contribution is -2.21. The van der Waals surface area contributed by atoms with E-state index in [1.165, 1.54) is 10.7 Å². The SMILES string of the molecule is CCc1cc(=O)n(CCS(C)(=O)=O)[nH]1. The number of rotatable bonds is 4. The van der Waals surface area contributed by atoms with Crippen LogP contribution in [0.4, 0.5) is 0 Å². The molecular formula is C8H14N2O3S. The van der Waals surface area contributed by atoms with Gasteiger partial charge in [-0.05, 0) is 6.42 Å². The van der Waals surface area contributed by atoms with E-state index in [1.54, 1.807) is 0 Å². The first-order valence-electron chi connectivity index (χ1n) is 4.39. The van der Waals surface area contributed by atoms with Crippen LogP contribution in [0, 0.1) is 0 Å². The van der Waals surface area contributed by atoms with E-state index < -0.39 is 9.84 Å². The smallest absolute Gasteiger partial charge is 0.266 e. The second-order valence-corrected chi connectivity index (χ2v) is 5.51. The van der Waals surface area contributed by atoms with Crippen molar-refractivity contribution >= 4 is 9.84 Å². The highest BCUT2D eigenvalue weighted by Crippen LogP contribution is 1.92. The molecule has 0 aliphatic rings. The molecule has 5 nitrogen and oxygen atoms in total. The van der Waals surface area contributed by atoms with Gasteiger partial charge in [-0.1, -0.05) is 6.92 Å². The Labute approximate surface area is 82.7 Å². The van der Waals surface area contributed by atoms with E-state index in [2.05, 4.69) is 5.10 Å². The summed E-state index contributed by atoms with van der Waals surface area (Å²) in [4.78, 5) is 11.3. The third kappa shape index (κ3) is 3.02. The maximum Gasteiger partial charge on any atom is 0.266 e. The van der Waals surface area contributed by atoms with Gasteiger partial charge in [0.2, 0.25) is 0 Å². The summed E-state index contributed by atoms with van der Waals surface area (Å²) >= 11 is 0. The second-order valence-electron chi connectivity index (χ2n) is 3.25. The predicted molar refractivity (Wildman–Crippen MR) is 54.1 cm³/mol. The van der Waals surface area contributed by atoms with Crippen LogP contribution in [-0.2, 0) is 22.8 Å². The largest absolute Gasteiger partial charge is 0.300 e. The van der Waals surface area contributed by atoms with Gasteiger partial charge >= 0.3 is 0 Å². The molecule has 1 aromatic heterocycles. The Morgan fingerprint density at radius 1 is 1.50 bits per heavy atom. The molecule has 0 amide bonds. The van der Waals surface area contributed by atoms with Crippen molar-refractivity contribution in [2.75, 3.05) is 12.0 Å². The van der Waals surface area contributed by atoms with Gasteiger partial charge in [-0.15, -0.1) is 0 Å². The minimum Gasteiger partial charge on any atom is -0.300 e. The number of hydrogen-bond acceptors (Lipinski definition) is 3. The molecule has 0 radical (unpaired) electrons. The van der Waals surface area contributed by atoms with E-state index in [1.807, 2.05) is 6.92 Å². The quantitative estimate of drug-likeness (QED) is 0.759.